The predicted octanol–water partition coefficient (Wildman–Crippen LogP) is 1.76. The van der Waals surface area contributed by atoms with Gasteiger partial charge < -0.3 is 11.1 Å². The molecule has 5 nitrogen and oxygen atoms in total. The van der Waals surface area contributed by atoms with E-state index in [1.54, 1.807) is 0 Å². The Kier molecular flexibility index (Phi) is 2.86. The minimum atomic E-state index is 0.575. The van der Waals surface area contributed by atoms with Crippen LogP contribution in [-0.4, -0.2) is 15.2 Å². The number of aromatic nitrogens is 3. The molecule has 0 spiro atoms. The fourth-order valence-electron chi connectivity index (χ4n) is 1.19. The van der Waals surface area contributed by atoms with Crippen LogP contribution in [0.15, 0.2) is 29.0 Å². The van der Waals surface area contributed by atoms with E-state index in [2.05, 4.69) is 36.4 Å². The molecule has 2 rings (SSSR count). The van der Waals surface area contributed by atoms with Gasteiger partial charge in [0.15, 0.2) is 0 Å². The Bertz CT molecular complexity index is 440. The van der Waals surface area contributed by atoms with Crippen LogP contribution in [0.2, 0.25) is 0 Å². The number of nitrogen functional groups attached to an aromatic ring is 1. The normalized spacial score (nSPS) is 10.2. The first kappa shape index (κ1) is 9.97. The molecule has 0 aliphatic rings. The minimum Gasteiger partial charge on any atom is -0.397 e. The molecule has 2 aromatic rings. The summed E-state index contributed by atoms with van der Waals surface area (Å²) in [5.74, 6) is 0.775. The number of anilines is 2. The summed E-state index contributed by atoms with van der Waals surface area (Å²) in [6.07, 6.45) is 1.47. The topological polar surface area (TPSA) is 79.6 Å². The first-order chi connectivity index (χ1) is 7.25. The van der Waals surface area contributed by atoms with E-state index in [1.807, 2.05) is 18.2 Å². The molecular weight excluding hydrogens is 258 g/mol. The average molecular weight is 268 g/mol. The molecule has 1 aromatic carbocycles. The quantitative estimate of drug-likeness (QED) is 0.741. The van der Waals surface area contributed by atoms with Gasteiger partial charge in [0.1, 0.15) is 12.2 Å². The Hall–Kier alpha value is -1.56. The SMILES string of the molecule is Nc1cc(Br)ccc1NCc1ncn[nH]1. The first-order valence-electron chi connectivity index (χ1n) is 4.39. The van der Waals surface area contributed by atoms with Crippen molar-refractivity contribution in [3.05, 3.63) is 34.8 Å². The summed E-state index contributed by atoms with van der Waals surface area (Å²) in [7, 11) is 0. The summed E-state index contributed by atoms with van der Waals surface area (Å²) < 4.78 is 0.963. The molecule has 1 aromatic heterocycles. The number of aromatic amines is 1. The van der Waals surface area contributed by atoms with Gasteiger partial charge in [0.2, 0.25) is 0 Å². The molecule has 0 saturated heterocycles. The zero-order chi connectivity index (χ0) is 10.7. The van der Waals surface area contributed by atoms with Crippen LogP contribution in [0.1, 0.15) is 5.82 Å². The summed E-state index contributed by atoms with van der Waals surface area (Å²) in [5, 5.41) is 9.68. The van der Waals surface area contributed by atoms with Crippen molar-refractivity contribution in [3.8, 4) is 0 Å². The lowest BCUT2D eigenvalue weighted by atomic mass is 10.2. The zero-order valence-corrected chi connectivity index (χ0v) is 9.45. The van der Waals surface area contributed by atoms with Crippen molar-refractivity contribution in [1.29, 1.82) is 0 Å². The number of hydrogen-bond acceptors (Lipinski definition) is 4. The van der Waals surface area contributed by atoms with Crippen LogP contribution in [0.4, 0.5) is 11.4 Å². The number of nitrogens with one attached hydrogen (secondary N) is 2. The molecule has 6 heteroatoms. The second-order valence-electron chi connectivity index (χ2n) is 3.02. The van der Waals surface area contributed by atoms with Crippen LogP contribution in [-0.2, 0) is 6.54 Å². The maximum atomic E-state index is 5.82. The van der Waals surface area contributed by atoms with Crippen molar-refractivity contribution in [2.24, 2.45) is 0 Å². The number of benzene rings is 1. The second kappa shape index (κ2) is 4.31. The number of hydrogen-bond donors (Lipinski definition) is 3. The lowest BCUT2D eigenvalue weighted by Gasteiger charge is -2.07. The van der Waals surface area contributed by atoms with Crippen molar-refractivity contribution in [1.82, 2.24) is 15.2 Å². The maximum Gasteiger partial charge on any atom is 0.143 e. The Morgan fingerprint density at radius 2 is 2.33 bits per heavy atom. The van der Waals surface area contributed by atoms with Crippen LogP contribution in [0.3, 0.4) is 0 Å². The van der Waals surface area contributed by atoms with E-state index in [0.29, 0.717) is 12.2 Å². The molecule has 0 aliphatic carbocycles. The van der Waals surface area contributed by atoms with E-state index < -0.39 is 0 Å². The van der Waals surface area contributed by atoms with E-state index in [9.17, 15) is 0 Å². The molecule has 0 radical (unpaired) electrons. The van der Waals surface area contributed by atoms with E-state index in [-0.39, 0.29) is 0 Å². The van der Waals surface area contributed by atoms with Crippen molar-refractivity contribution < 1.29 is 0 Å². The third-order valence-electron chi connectivity index (χ3n) is 1.92. The smallest absolute Gasteiger partial charge is 0.143 e. The van der Waals surface area contributed by atoms with Gasteiger partial charge in [-0.2, -0.15) is 5.10 Å². The number of nitrogens with zero attached hydrogens (tertiary/aromatic N) is 2. The monoisotopic (exact) mass is 267 g/mol. The third kappa shape index (κ3) is 2.47. The van der Waals surface area contributed by atoms with E-state index in [1.165, 1.54) is 6.33 Å². The molecule has 15 heavy (non-hydrogen) atoms. The van der Waals surface area contributed by atoms with Crippen molar-refractivity contribution in [2.45, 2.75) is 6.54 Å². The average Bonchev–Trinajstić information content (AvgIpc) is 2.69. The summed E-state index contributed by atoms with van der Waals surface area (Å²) in [6.45, 7) is 0.575. The van der Waals surface area contributed by atoms with Crippen molar-refractivity contribution in [2.75, 3.05) is 11.1 Å². The van der Waals surface area contributed by atoms with Gasteiger partial charge in [-0.25, -0.2) is 4.98 Å². The number of rotatable bonds is 3. The number of nitrogens with two attached hydrogens (primary N) is 1. The highest BCUT2D eigenvalue weighted by Gasteiger charge is 2.00. The number of H-pyrrole nitrogens is 1. The Morgan fingerprint density at radius 1 is 1.47 bits per heavy atom. The molecular formula is C9H10BrN5. The van der Waals surface area contributed by atoms with Gasteiger partial charge in [-0.05, 0) is 18.2 Å². The lowest BCUT2D eigenvalue weighted by Crippen LogP contribution is -2.03. The summed E-state index contributed by atoms with van der Waals surface area (Å²) in [5.41, 5.74) is 7.40. The Balaban J connectivity index is 2.05. The standard InChI is InChI=1S/C9H10BrN5/c10-6-1-2-8(7(11)3-6)12-4-9-13-5-14-15-9/h1-3,5,12H,4,11H2,(H,13,14,15). The van der Waals surface area contributed by atoms with Gasteiger partial charge in [-0.15, -0.1) is 0 Å². The summed E-state index contributed by atoms with van der Waals surface area (Å²) in [6, 6.07) is 5.69. The Morgan fingerprint density at radius 3 is 3.00 bits per heavy atom. The largest absolute Gasteiger partial charge is 0.397 e. The van der Waals surface area contributed by atoms with Gasteiger partial charge in [0.25, 0.3) is 0 Å². The summed E-state index contributed by atoms with van der Waals surface area (Å²) >= 11 is 3.35. The summed E-state index contributed by atoms with van der Waals surface area (Å²) in [4.78, 5) is 4.00. The maximum absolute atomic E-state index is 5.82. The second-order valence-corrected chi connectivity index (χ2v) is 3.93. The highest BCUT2D eigenvalue weighted by atomic mass is 79.9. The molecule has 0 fully saturated rings. The predicted molar refractivity (Wildman–Crippen MR) is 62.3 cm³/mol. The van der Waals surface area contributed by atoms with Gasteiger partial charge in [0, 0.05) is 4.47 Å². The molecule has 0 atom stereocenters. The minimum absolute atomic E-state index is 0.575. The van der Waals surface area contributed by atoms with Crippen LogP contribution in [0.5, 0.6) is 0 Å². The van der Waals surface area contributed by atoms with Crippen LogP contribution in [0, 0.1) is 0 Å². The molecule has 1 heterocycles. The fourth-order valence-corrected chi connectivity index (χ4v) is 1.57. The molecule has 0 amide bonds. The molecule has 0 saturated carbocycles. The first-order valence-corrected chi connectivity index (χ1v) is 5.18. The van der Waals surface area contributed by atoms with E-state index >= 15 is 0 Å². The Labute approximate surface area is 95.2 Å². The van der Waals surface area contributed by atoms with Crippen molar-refractivity contribution >= 4 is 27.3 Å². The van der Waals surface area contributed by atoms with E-state index in [0.717, 1.165) is 16.0 Å². The highest BCUT2D eigenvalue weighted by Crippen LogP contribution is 2.23. The third-order valence-corrected chi connectivity index (χ3v) is 2.42. The molecule has 4 N–H and O–H groups in total. The van der Waals surface area contributed by atoms with Gasteiger partial charge >= 0.3 is 0 Å². The molecule has 78 valence electrons. The fraction of sp³-hybridized carbons (Fsp3) is 0.111. The molecule has 0 bridgehead atoms. The van der Waals surface area contributed by atoms with Crippen LogP contribution in [0.25, 0.3) is 0 Å². The van der Waals surface area contributed by atoms with Crippen molar-refractivity contribution in [3.63, 3.8) is 0 Å². The van der Waals surface area contributed by atoms with Crippen LogP contribution < -0.4 is 11.1 Å². The van der Waals surface area contributed by atoms with Gasteiger partial charge in [-0.1, -0.05) is 15.9 Å². The number of halogens is 1. The van der Waals surface area contributed by atoms with Gasteiger partial charge in [-0.3, -0.25) is 5.10 Å². The lowest BCUT2D eigenvalue weighted by molar-refractivity contribution is 0.955. The van der Waals surface area contributed by atoms with Gasteiger partial charge in [0.05, 0.1) is 17.9 Å². The molecule has 0 aliphatic heterocycles. The highest BCUT2D eigenvalue weighted by molar-refractivity contribution is 9.10. The molecule has 0 unspecified atom stereocenters. The zero-order valence-electron chi connectivity index (χ0n) is 7.87. The van der Waals surface area contributed by atoms with E-state index in [4.69, 9.17) is 5.73 Å². The van der Waals surface area contributed by atoms with Crippen LogP contribution >= 0.6 is 15.9 Å².